The van der Waals surface area contributed by atoms with Crippen LogP contribution in [0.15, 0.2) is 18.2 Å². The summed E-state index contributed by atoms with van der Waals surface area (Å²) in [7, 11) is 0. The van der Waals surface area contributed by atoms with Gasteiger partial charge in [0.15, 0.2) is 0 Å². The van der Waals surface area contributed by atoms with Gasteiger partial charge in [0.2, 0.25) is 18.2 Å². The highest BCUT2D eigenvalue weighted by Gasteiger charge is 2.35. The van der Waals surface area contributed by atoms with Gasteiger partial charge >= 0.3 is 0 Å². The molecule has 0 aliphatic carbocycles. The number of anilines is 1. The Morgan fingerprint density at radius 3 is 2.05 bits per heavy atom. The highest BCUT2D eigenvalue weighted by molar-refractivity contribution is 6.08. The van der Waals surface area contributed by atoms with Crippen LogP contribution in [0.2, 0.25) is 0 Å². The maximum absolute atomic E-state index is 13.1. The third-order valence-electron chi connectivity index (χ3n) is 5.86. The molecule has 1 fully saturated rings. The lowest BCUT2D eigenvalue weighted by Crippen LogP contribution is -2.53. The quantitative estimate of drug-likeness (QED) is 0.130. The van der Waals surface area contributed by atoms with E-state index in [9.17, 15) is 19.2 Å². The van der Waals surface area contributed by atoms with Gasteiger partial charge in [-0.1, -0.05) is 13.0 Å². The van der Waals surface area contributed by atoms with Crippen molar-refractivity contribution in [3.8, 4) is 0 Å². The fourth-order valence-electron chi connectivity index (χ4n) is 3.79. The molecule has 4 amide bonds. The van der Waals surface area contributed by atoms with Crippen molar-refractivity contribution in [2.24, 2.45) is 0 Å². The molecule has 0 bridgehead atoms. The van der Waals surface area contributed by atoms with Gasteiger partial charge < -0.3 is 29.0 Å². The molecule has 1 aromatic carbocycles. The summed E-state index contributed by atoms with van der Waals surface area (Å²) in [5.74, 6) is -1.66. The molecule has 1 unspecified atom stereocenters. The number of nitrogens with one attached hydrogen (secondary N) is 2. The van der Waals surface area contributed by atoms with E-state index in [1.54, 1.807) is 19.1 Å². The van der Waals surface area contributed by atoms with Crippen LogP contribution in [0, 0.1) is 6.92 Å². The smallest absolute Gasteiger partial charge is 0.261 e. The number of amides is 4. The summed E-state index contributed by atoms with van der Waals surface area (Å²) in [6.07, 6.45) is 1.51. The minimum atomic E-state index is -1.01. The predicted octanol–water partition coefficient (Wildman–Crippen LogP) is 1.30. The van der Waals surface area contributed by atoms with Crippen molar-refractivity contribution >= 4 is 29.8 Å². The van der Waals surface area contributed by atoms with Crippen LogP contribution < -0.4 is 10.6 Å². The summed E-state index contributed by atoms with van der Waals surface area (Å²) in [4.78, 5) is 49.1. The molecule has 218 valence electrons. The Morgan fingerprint density at radius 2 is 1.51 bits per heavy atom. The third-order valence-corrected chi connectivity index (χ3v) is 5.86. The highest BCUT2D eigenvalue weighted by atomic mass is 16.6. The van der Waals surface area contributed by atoms with Gasteiger partial charge in [-0.05, 0) is 37.5 Å². The Morgan fingerprint density at radius 1 is 0.949 bits per heavy atom. The number of carbonyl (C=O) groups is 4. The lowest BCUT2D eigenvalue weighted by molar-refractivity contribution is -0.139. The molecule has 1 aromatic rings. The Labute approximate surface area is 229 Å². The molecule has 1 heterocycles. The van der Waals surface area contributed by atoms with Gasteiger partial charge in [0.05, 0.1) is 59.5 Å². The van der Waals surface area contributed by atoms with E-state index < -0.39 is 23.8 Å². The fraction of sp³-hybridized carbons (Fsp3) is 0.630. The molecule has 2 rings (SSSR count). The van der Waals surface area contributed by atoms with E-state index in [2.05, 4.69) is 17.6 Å². The van der Waals surface area contributed by atoms with Crippen LogP contribution in [0.1, 0.15) is 42.1 Å². The second kappa shape index (κ2) is 19.2. The number of benzene rings is 1. The number of imide groups is 2. The first-order valence-corrected chi connectivity index (χ1v) is 13.3. The molecule has 0 spiro atoms. The average Bonchev–Trinajstić information content (AvgIpc) is 2.92. The number of carbonyl (C=O) groups excluding carboxylic acids is 4. The normalized spacial score (nSPS) is 15.2. The van der Waals surface area contributed by atoms with Crippen LogP contribution in [0.3, 0.4) is 0 Å². The zero-order valence-electron chi connectivity index (χ0n) is 22.9. The highest BCUT2D eigenvalue weighted by Crippen LogP contribution is 2.22. The molecular formula is C27H41N3O9. The zero-order valence-corrected chi connectivity index (χ0v) is 22.9. The summed E-state index contributed by atoms with van der Waals surface area (Å²) in [6, 6.07) is 4.10. The van der Waals surface area contributed by atoms with Crippen molar-refractivity contribution in [1.29, 1.82) is 0 Å². The molecule has 1 saturated heterocycles. The number of hydrogen-bond donors (Lipinski definition) is 2. The SMILES string of the molecule is CCCOCCOCCOCCOCCOCCNc1cccc(C(=O)N(C=O)C2CCC(=O)NC2=O)c1C. The summed E-state index contributed by atoms with van der Waals surface area (Å²) >= 11 is 0. The fourth-order valence-corrected chi connectivity index (χ4v) is 3.79. The van der Waals surface area contributed by atoms with Gasteiger partial charge in [-0.25, -0.2) is 0 Å². The number of piperidine rings is 1. The van der Waals surface area contributed by atoms with Crippen LogP contribution >= 0.6 is 0 Å². The van der Waals surface area contributed by atoms with Crippen molar-refractivity contribution in [2.75, 3.05) is 77.9 Å². The van der Waals surface area contributed by atoms with E-state index in [4.69, 9.17) is 23.7 Å². The maximum atomic E-state index is 13.1. The van der Waals surface area contributed by atoms with E-state index in [0.29, 0.717) is 89.2 Å². The van der Waals surface area contributed by atoms with Crippen LogP contribution in [0.4, 0.5) is 5.69 Å². The molecule has 12 nitrogen and oxygen atoms in total. The molecular weight excluding hydrogens is 510 g/mol. The average molecular weight is 552 g/mol. The second-order valence-electron chi connectivity index (χ2n) is 8.75. The van der Waals surface area contributed by atoms with Crippen molar-refractivity contribution in [1.82, 2.24) is 10.2 Å². The predicted molar refractivity (Wildman–Crippen MR) is 142 cm³/mol. The van der Waals surface area contributed by atoms with E-state index in [1.165, 1.54) is 0 Å². The summed E-state index contributed by atoms with van der Waals surface area (Å²) in [5.41, 5.74) is 1.64. The largest absolute Gasteiger partial charge is 0.382 e. The van der Waals surface area contributed by atoms with E-state index in [0.717, 1.165) is 17.9 Å². The third kappa shape index (κ3) is 11.8. The Kier molecular flexibility index (Phi) is 15.9. The standard InChI is InChI=1S/C27H41N3O9/c1-3-10-35-12-14-37-16-18-39-19-17-38-15-13-36-11-9-28-23-6-4-5-22(21(23)2)27(34)30(20-31)24-7-8-25(32)29-26(24)33/h4-6,20,24,28H,3,7-19H2,1-2H3,(H,29,32,33). The Hall–Kier alpha value is -2.90. The maximum Gasteiger partial charge on any atom is 0.261 e. The summed E-state index contributed by atoms with van der Waals surface area (Å²) in [6.45, 7) is 9.53. The molecule has 0 radical (unpaired) electrons. The minimum Gasteiger partial charge on any atom is -0.382 e. The number of ether oxygens (including phenoxy) is 5. The van der Waals surface area contributed by atoms with Crippen LogP contribution in [-0.4, -0.2) is 108 Å². The molecule has 2 N–H and O–H groups in total. The molecule has 1 aliphatic heterocycles. The van der Waals surface area contributed by atoms with Crippen LogP contribution in [0.5, 0.6) is 0 Å². The van der Waals surface area contributed by atoms with Gasteiger partial charge in [-0.3, -0.25) is 29.4 Å². The van der Waals surface area contributed by atoms with Crippen molar-refractivity contribution in [3.63, 3.8) is 0 Å². The van der Waals surface area contributed by atoms with E-state index in [1.807, 2.05) is 6.07 Å². The topological polar surface area (TPSA) is 142 Å². The molecule has 12 heteroatoms. The van der Waals surface area contributed by atoms with Gasteiger partial charge in [0.1, 0.15) is 6.04 Å². The van der Waals surface area contributed by atoms with E-state index in [-0.39, 0.29) is 12.8 Å². The minimum absolute atomic E-state index is 0.0681. The van der Waals surface area contributed by atoms with Gasteiger partial charge in [0, 0.05) is 30.8 Å². The Balaban J connectivity index is 1.59. The van der Waals surface area contributed by atoms with Gasteiger partial charge in [-0.15, -0.1) is 0 Å². The van der Waals surface area contributed by atoms with Gasteiger partial charge in [-0.2, -0.15) is 0 Å². The molecule has 0 aromatic heterocycles. The second-order valence-corrected chi connectivity index (χ2v) is 8.75. The van der Waals surface area contributed by atoms with Crippen LogP contribution in [0.25, 0.3) is 0 Å². The lowest BCUT2D eigenvalue weighted by atomic mass is 10.0. The summed E-state index contributed by atoms with van der Waals surface area (Å²) < 4.78 is 27.2. The first-order chi connectivity index (χ1) is 19.0. The van der Waals surface area contributed by atoms with Crippen molar-refractivity contribution < 1.29 is 42.9 Å². The molecule has 0 saturated carbocycles. The van der Waals surface area contributed by atoms with Gasteiger partial charge in [0.25, 0.3) is 5.91 Å². The van der Waals surface area contributed by atoms with E-state index >= 15 is 0 Å². The first kappa shape index (κ1) is 32.3. The number of nitrogens with zero attached hydrogens (tertiary/aromatic N) is 1. The molecule has 39 heavy (non-hydrogen) atoms. The van der Waals surface area contributed by atoms with Crippen molar-refractivity contribution in [3.05, 3.63) is 29.3 Å². The number of rotatable bonds is 21. The molecule has 1 aliphatic rings. The number of hydrogen-bond acceptors (Lipinski definition) is 10. The summed E-state index contributed by atoms with van der Waals surface area (Å²) in [5, 5.41) is 5.39. The Bertz CT molecular complexity index is 912. The first-order valence-electron chi connectivity index (χ1n) is 13.3. The molecule has 1 atom stereocenters. The van der Waals surface area contributed by atoms with Crippen molar-refractivity contribution in [2.45, 2.75) is 39.2 Å². The lowest BCUT2D eigenvalue weighted by Gasteiger charge is -2.29. The zero-order chi connectivity index (χ0) is 28.3. The monoisotopic (exact) mass is 551 g/mol. The van der Waals surface area contributed by atoms with Crippen LogP contribution in [-0.2, 0) is 38.1 Å².